The van der Waals surface area contributed by atoms with Gasteiger partial charge in [0.2, 0.25) is 5.95 Å². The zero-order chi connectivity index (χ0) is 26.9. The molecular weight excluding hydrogens is 516 g/mol. The molecule has 5 atom stereocenters. The Balaban J connectivity index is 1.72. The number of anilines is 2. The molecule has 4 N–H and O–H groups in total. The molecular formula is C24H34N6O5S2. The van der Waals surface area contributed by atoms with Gasteiger partial charge >= 0.3 is 0 Å². The van der Waals surface area contributed by atoms with E-state index in [4.69, 9.17) is 14.7 Å². The Bertz CT molecular complexity index is 1370. The fraction of sp³-hybridized carbons (Fsp3) is 0.583. The van der Waals surface area contributed by atoms with E-state index < -0.39 is 34.0 Å². The molecule has 4 rings (SSSR count). The van der Waals surface area contributed by atoms with Crippen LogP contribution in [0.2, 0.25) is 0 Å². The van der Waals surface area contributed by atoms with Gasteiger partial charge in [-0.1, -0.05) is 0 Å². The summed E-state index contributed by atoms with van der Waals surface area (Å²) in [5, 5.41) is 28.6. The number of aryl methyl sites for hydroxylation is 2. The van der Waals surface area contributed by atoms with Crippen molar-refractivity contribution in [1.29, 1.82) is 0 Å². The molecule has 0 bridgehead atoms. The summed E-state index contributed by atoms with van der Waals surface area (Å²) in [5.74, 6) is 0.0364. The minimum absolute atomic E-state index is 0.0488. The van der Waals surface area contributed by atoms with Crippen LogP contribution < -0.4 is 10.6 Å². The van der Waals surface area contributed by atoms with E-state index in [1.54, 1.807) is 6.20 Å². The molecule has 3 aromatic heterocycles. The van der Waals surface area contributed by atoms with Gasteiger partial charge in [-0.2, -0.15) is 4.98 Å². The summed E-state index contributed by atoms with van der Waals surface area (Å²) in [6.07, 6.45) is 0.810. The van der Waals surface area contributed by atoms with Crippen LogP contribution in [-0.4, -0.2) is 88.1 Å². The average molecular weight is 551 g/mol. The number of nitrogens with one attached hydrogen (secondary N) is 2. The van der Waals surface area contributed by atoms with Crippen molar-refractivity contribution in [3.8, 4) is 10.6 Å². The van der Waals surface area contributed by atoms with Crippen LogP contribution in [0.3, 0.4) is 0 Å². The number of aliphatic hydroxyl groups is 2. The molecule has 37 heavy (non-hydrogen) atoms. The Morgan fingerprint density at radius 1 is 1.19 bits per heavy atom. The Morgan fingerprint density at radius 2 is 1.95 bits per heavy atom. The number of rotatable bonds is 10. The number of nitrogens with zero attached hydrogens (tertiary/aromatic N) is 4. The Morgan fingerprint density at radius 3 is 2.62 bits per heavy atom. The molecule has 3 aromatic rings. The minimum Gasteiger partial charge on any atom is -0.390 e. The van der Waals surface area contributed by atoms with Gasteiger partial charge in [0.25, 0.3) is 0 Å². The molecule has 0 amide bonds. The normalized spacial score (nSPS) is 22.9. The van der Waals surface area contributed by atoms with Crippen LogP contribution in [0.15, 0.2) is 12.3 Å². The summed E-state index contributed by atoms with van der Waals surface area (Å²) in [6, 6.07) is 1.25. The van der Waals surface area contributed by atoms with Crippen molar-refractivity contribution in [2.75, 3.05) is 35.9 Å². The standard InChI is InChI=1S/C24H34N6O5S2/c1-6-35-10-12(2)26-24-27-13(3)18(23-29-19-14(4)25-8-7-17(19)36-23)22(30-24)28-16-9-15(11-37(5,33)34)20(31)21(16)32/h7-8,12,15-16,20-21,31-32H,6,9-11H2,1-5H3,(H2,26,27,28,30)/t12-,15-,16-,20-,21+/m1/s1. The molecule has 0 spiro atoms. The van der Waals surface area contributed by atoms with E-state index in [0.717, 1.165) is 22.2 Å². The molecule has 0 unspecified atom stereocenters. The third-order valence-electron chi connectivity index (χ3n) is 6.38. The highest BCUT2D eigenvalue weighted by molar-refractivity contribution is 7.90. The molecule has 0 aliphatic heterocycles. The molecule has 0 aromatic carbocycles. The fourth-order valence-corrected chi connectivity index (χ4v) is 6.86. The summed E-state index contributed by atoms with van der Waals surface area (Å²) in [7, 11) is -3.33. The van der Waals surface area contributed by atoms with E-state index in [1.165, 1.54) is 11.3 Å². The lowest BCUT2D eigenvalue weighted by atomic mass is 10.1. The van der Waals surface area contributed by atoms with Crippen molar-refractivity contribution in [2.24, 2.45) is 5.92 Å². The highest BCUT2D eigenvalue weighted by Gasteiger charge is 2.43. The van der Waals surface area contributed by atoms with Crippen LogP contribution in [-0.2, 0) is 14.6 Å². The van der Waals surface area contributed by atoms with Gasteiger partial charge in [0.05, 0.1) is 46.2 Å². The van der Waals surface area contributed by atoms with Crippen molar-refractivity contribution in [3.05, 3.63) is 23.7 Å². The van der Waals surface area contributed by atoms with E-state index >= 15 is 0 Å². The van der Waals surface area contributed by atoms with Gasteiger partial charge in [-0.25, -0.2) is 18.4 Å². The van der Waals surface area contributed by atoms with Gasteiger partial charge in [0.15, 0.2) is 0 Å². The van der Waals surface area contributed by atoms with Gasteiger partial charge < -0.3 is 25.6 Å². The van der Waals surface area contributed by atoms with Gasteiger partial charge in [-0.05, 0) is 40.2 Å². The predicted molar refractivity (Wildman–Crippen MR) is 145 cm³/mol. The van der Waals surface area contributed by atoms with E-state index in [1.807, 2.05) is 33.8 Å². The highest BCUT2D eigenvalue weighted by atomic mass is 32.2. The molecule has 202 valence electrons. The number of thiazole rings is 1. The molecule has 0 radical (unpaired) electrons. The Hall–Kier alpha value is -2.45. The first-order valence-corrected chi connectivity index (χ1v) is 15.1. The average Bonchev–Trinajstić information content (AvgIpc) is 3.34. The topological polar surface area (TPSA) is 159 Å². The number of pyridine rings is 1. The number of hydrogen-bond donors (Lipinski definition) is 4. The van der Waals surface area contributed by atoms with Crippen LogP contribution in [0.4, 0.5) is 11.8 Å². The van der Waals surface area contributed by atoms with Crippen LogP contribution in [0.25, 0.3) is 20.8 Å². The summed E-state index contributed by atoms with van der Waals surface area (Å²) >= 11 is 1.49. The van der Waals surface area contributed by atoms with Crippen molar-refractivity contribution >= 4 is 43.2 Å². The number of sulfone groups is 1. The van der Waals surface area contributed by atoms with E-state index in [2.05, 4.69) is 20.6 Å². The highest BCUT2D eigenvalue weighted by Crippen LogP contribution is 2.38. The summed E-state index contributed by atoms with van der Waals surface area (Å²) in [4.78, 5) is 18.5. The SMILES string of the molecule is CCOC[C@@H](C)Nc1nc(C)c(-c2nc3c(C)nccc3s2)c(N[C@@H]2C[C@H](CS(C)(=O)=O)[C@@H](O)[C@H]2O)n1. The molecule has 13 heteroatoms. The molecule has 1 aliphatic rings. The number of hydrogen-bond acceptors (Lipinski definition) is 12. The smallest absolute Gasteiger partial charge is 0.225 e. The molecule has 1 fully saturated rings. The second-order valence-corrected chi connectivity index (χ2v) is 12.9. The minimum atomic E-state index is -3.33. The van der Waals surface area contributed by atoms with Crippen LogP contribution >= 0.6 is 11.3 Å². The Kier molecular flexibility index (Phi) is 8.29. The third kappa shape index (κ3) is 6.34. The maximum Gasteiger partial charge on any atom is 0.225 e. The second kappa shape index (κ2) is 11.1. The zero-order valence-electron chi connectivity index (χ0n) is 21.6. The first-order valence-electron chi connectivity index (χ1n) is 12.2. The molecule has 1 aliphatic carbocycles. The van der Waals surface area contributed by atoms with Crippen molar-refractivity contribution in [1.82, 2.24) is 19.9 Å². The summed E-state index contributed by atoms with van der Waals surface area (Å²) in [5.41, 5.74) is 2.96. The number of fused-ring (bicyclic) bond motifs is 1. The lowest BCUT2D eigenvalue weighted by Gasteiger charge is -2.22. The fourth-order valence-electron chi connectivity index (χ4n) is 4.64. The maximum atomic E-state index is 11.9. The summed E-state index contributed by atoms with van der Waals surface area (Å²) in [6.45, 7) is 8.74. The number of aliphatic hydroxyl groups excluding tert-OH is 2. The first kappa shape index (κ1) is 27.6. The second-order valence-electron chi connectivity index (χ2n) is 9.64. The van der Waals surface area contributed by atoms with Crippen molar-refractivity contribution in [2.45, 2.75) is 58.4 Å². The lowest BCUT2D eigenvalue weighted by Crippen LogP contribution is -2.36. The predicted octanol–water partition coefficient (Wildman–Crippen LogP) is 2.17. The quantitative estimate of drug-likeness (QED) is 0.293. The van der Waals surface area contributed by atoms with Crippen molar-refractivity contribution < 1.29 is 23.4 Å². The molecule has 3 heterocycles. The third-order valence-corrected chi connectivity index (χ3v) is 8.45. The monoisotopic (exact) mass is 550 g/mol. The van der Waals surface area contributed by atoms with Crippen LogP contribution in [0.5, 0.6) is 0 Å². The van der Waals surface area contributed by atoms with E-state index in [0.29, 0.717) is 41.2 Å². The van der Waals surface area contributed by atoms with Crippen LogP contribution in [0.1, 0.15) is 31.7 Å². The number of ether oxygens (including phenoxy) is 1. The zero-order valence-corrected chi connectivity index (χ0v) is 23.2. The first-order chi connectivity index (χ1) is 17.5. The van der Waals surface area contributed by atoms with Crippen molar-refractivity contribution in [3.63, 3.8) is 0 Å². The van der Waals surface area contributed by atoms with E-state index in [-0.39, 0.29) is 18.2 Å². The largest absolute Gasteiger partial charge is 0.390 e. The maximum absolute atomic E-state index is 11.9. The molecule has 0 saturated heterocycles. The number of aromatic nitrogens is 4. The lowest BCUT2D eigenvalue weighted by molar-refractivity contribution is 0.0216. The van der Waals surface area contributed by atoms with E-state index in [9.17, 15) is 18.6 Å². The van der Waals surface area contributed by atoms with Gasteiger partial charge in [-0.15, -0.1) is 11.3 Å². The van der Waals surface area contributed by atoms with Gasteiger partial charge in [0.1, 0.15) is 32.3 Å². The van der Waals surface area contributed by atoms with Gasteiger partial charge in [-0.3, -0.25) is 4.98 Å². The Labute approximate surface area is 220 Å². The van der Waals surface area contributed by atoms with Gasteiger partial charge in [0, 0.05) is 31.0 Å². The molecule has 11 nitrogen and oxygen atoms in total. The summed E-state index contributed by atoms with van der Waals surface area (Å²) < 4.78 is 30.2. The molecule has 1 saturated carbocycles. The van der Waals surface area contributed by atoms with Crippen LogP contribution in [0, 0.1) is 19.8 Å².